The number of methoxy groups -OCH3 is 1. The minimum atomic E-state index is -2.64. The molecule has 4 nitrogen and oxygen atoms in total. The van der Waals surface area contributed by atoms with Crippen molar-refractivity contribution in [3.8, 4) is 5.75 Å². The van der Waals surface area contributed by atoms with E-state index in [1.54, 1.807) is 7.11 Å². The van der Waals surface area contributed by atoms with Crippen LogP contribution in [0.3, 0.4) is 0 Å². The first-order valence-corrected chi connectivity index (χ1v) is 20.0. The lowest BCUT2D eigenvalue weighted by molar-refractivity contribution is 0.415. The monoisotopic (exact) mass is 598 g/mol. The molecule has 5 aromatic carbocycles. The van der Waals surface area contributed by atoms with Crippen molar-refractivity contribution in [3.63, 3.8) is 0 Å². The van der Waals surface area contributed by atoms with Gasteiger partial charge in [0, 0.05) is 27.5 Å². The molecule has 0 fully saturated rings. The molecule has 6 rings (SSSR count). The molecule has 0 radical (unpaired) electrons. The fourth-order valence-electron chi connectivity index (χ4n) is 4.99. The van der Waals surface area contributed by atoms with Crippen LogP contribution in [0, 0.1) is 0 Å². The maximum atomic E-state index is 6.06. The van der Waals surface area contributed by atoms with Crippen LogP contribution < -0.4 is 36.1 Å². The highest BCUT2D eigenvalue weighted by molar-refractivity contribution is 8.64. The van der Waals surface area contributed by atoms with E-state index in [1.165, 1.54) is 26.5 Å². The first-order valence-electron chi connectivity index (χ1n) is 13.0. The predicted octanol–water partition coefficient (Wildman–Crippen LogP) is 7.58. The van der Waals surface area contributed by atoms with Gasteiger partial charge in [0.2, 0.25) is 0 Å². The van der Waals surface area contributed by atoms with E-state index in [2.05, 4.69) is 145 Å². The molecule has 1 aliphatic heterocycles. The maximum Gasteiger partial charge on any atom is 0.298 e. The lowest BCUT2D eigenvalue weighted by Gasteiger charge is -2.38. The van der Waals surface area contributed by atoms with Gasteiger partial charge >= 0.3 is 0 Å². The molecule has 1 N–H and O–H groups in total. The third-order valence-electron chi connectivity index (χ3n) is 6.98. The standard InChI is InChI=1S/C32H31N3OP3S/c1-36-27-23-25-32(26-24-27)39(40-2)34-37(28-15-7-3-8-16-28,29-17-9-4-10-18-29)33-38(35-39,30-19-11-5-12-20-30)31-21-13-6-14-22-31/h3-26,34H,1-2H3/q+1. The van der Waals surface area contributed by atoms with Gasteiger partial charge < -0.3 is 4.74 Å². The van der Waals surface area contributed by atoms with E-state index >= 15 is 0 Å². The Morgan fingerprint density at radius 3 is 1.43 bits per heavy atom. The van der Waals surface area contributed by atoms with Gasteiger partial charge in [-0.05, 0) is 24.3 Å². The van der Waals surface area contributed by atoms with Crippen molar-refractivity contribution in [1.29, 1.82) is 0 Å². The highest BCUT2D eigenvalue weighted by Crippen LogP contribution is 2.81. The minimum Gasteiger partial charge on any atom is -0.497 e. The molecule has 5 aromatic rings. The maximum absolute atomic E-state index is 6.06. The second kappa shape index (κ2) is 11.5. The molecule has 1 heterocycles. The van der Waals surface area contributed by atoms with Crippen molar-refractivity contribution in [2.75, 3.05) is 13.4 Å². The van der Waals surface area contributed by atoms with Gasteiger partial charge in [-0.25, -0.2) is 4.52 Å². The largest absolute Gasteiger partial charge is 0.497 e. The van der Waals surface area contributed by atoms with E-state index in [-0.39, 0.29) is 0 Å². The topological polar surface area (TPSA) is 46.0 Å². The summed E-state index contributed by atoms with van der Waals surface area (Å²) >= 11 is 1.83. The first-order chi connectivity index (χ1) is 19.6. The third-order valence-corrected chi connectivity index (χ3v) is 22.6. The summed E-state index contributed by atoms with van der Waals surface area (Å²) in [7, 11) is -3.47. The summed E-state index contributed by atoms with van der Waals surface area (Å²) in [6.07, 6.45) is 2.19. The van der Waals surface area contributed by atoms with Crippen LogP contribution in [0.15, 0.2) is 155 Å². The molecule has 1 unspecified atom stereocenters. The molecule has 1 aliphatic rings. The average molecular weight is 599 g/mol. The van der Waals surface area contributed by atoms with E-state index in [0.717, 1.165) is 5.75 Å². The van der Waals surface area contributed by atoms with Crippen LogP contribution in [0.25, 0.3) is 0 Å². The molecule has 8 heteroatoms. The van der Waals surface area contributed by atoms with Crippen LogP contribution in [0.5, 0.6) is 5.75 Å². The SMILES string of the molecule is COc1ccc([P+]2(SC)N=P(c3ccccc3)(c3ccccc3)N=P(c3ccccc3)(c3ccccc3)N2)cc1. The lowest BCUT2D eigenvalue weighted by Crippen LogP contribution is -2.33. The molecule has 1 atom stereocenters. The number of rotatable bonds is 7. The Labute approximate surface area is 241 Å². The highest BCUT2D eigenvalue weighted by Gasteiger charge is 2.54. The molecule has 0 spiro atoms. The van der Waals surface area contributed by atoms with Gasteiger partial charge in [-0.1, -0.05) is 126 Å². The van der Waals surface area contributed by atoms with Crippen LogP contribution >= 0.6 is 32.6 Å². The third kappa shape index (κ3) is 4.81. The number of ether oxygens (including phenoxy) is 1. The van der Waals surface area contributed by atoms with Crippen molar-refractivity contribution >= 4 is 59.1 Å². The molecule has 200 valence electrons. The van der Waals surface area contributed by atoms with E-state index in [4.69, 9.17) is 13.8 Å². The van der Waals surface area contributed by atoms with Crippen molar-refractivity contribution < 1.29 is 4.74 Å². The van der Waals surface area contributed by atoms with Gasteiger partial charge in [-0.3, -0.25) is 0 Å². The Bertz CT molecular complexity index is 1610. The molecule has 0 aliphatic carbocycles. The van der Waals surface area contributed by atoms with Crippen molar-refractivity contribution in [1.82, 2.24) is 4.86 Å². The lowest BCUT2D eigenvalue weighted by atomic mass is 10.3. The van der Waals surface area contributed by atoms with E-state index in [9.17, 15) is 0 Å². The normalized spacial score (nSPS) is 19.1. The Morgan fingerprint density at radius 2 is 1.02 bits per heavy atom. The smallest absolute Gasteiger partial charge is 0.298 e. The molecule has 40 heavy (non-hydrogen) atoms. The highest BCUT2D eigenvalue weighted by atomic mass is 32.7. The van der Waals surface area contributed by atoms with Gasteiger partial charge in [0.25, 0.3) is 6.77 Å². The summed E-state index contributed by atoms with van der Waals surface area (Å²) in [4.78, 5) is 4.25. The zero-order valence-corrected chi connectivity index (χ0v) is 25.9. The zero-order valence-electron chi connectivity index (χ0n) is 22.4. The molecule has 0 saturated carbocycles. The van der Waals surface area contributed by atoms with Gasteiger partial charge in [-0.2, -0.15) is 0 Å². The molecular weight excluding hydrogens is 567 g/mol. The summed E-state index contributed by atoms with van der Waals surface area (Å²) in [6.45, 7) is -2.42. The van der Waals surface area contributed by atoms with Crippen LogP contribution in [-0.2, 0) is 0 Å². The van der Waals surface area contributed by atoms with Crippen LogP contribution in [0.2, 0.25) is 0 Å². The van der Waals surface area contributed by atoms with E-state index < -0.39 is 21.2 Å². The summed E-state index contributed by atoms with van der Waals surface area (Å²) < 4.78 is 17.6. The number of hydrogen-bond donors (Lipinski definition) is 1. The molecule has 0 saturated heterocycles. The van der Waals surface area contributed by atoms with E-state index in [0.29, 0.717) is 0 Å². The zero-order chi connectivity index (χ0) is 27.5. The second-order valence-corrected chi connectivity index (χ2v) is 20.8. The van der Waals surface area contributed by atoms with E-state index in [1.807, 2.05) is 23.5 Å². The van der Waals surface area contributed by atoms with Crippen molar-refractivity contribution in [3.05, 3.63) is 146 Å². The fraction of sp³-hybridized carbons (Fsp3) is 0.0625. The number of hydrogen-bond acceptors (Lipinski definition) is 5. The minimum absolute atomic E-state index is 0.837. The van der Waals surface area contributed by atoms with Crippen LogP contribution in [0.1, 0.15) is 0 Å². The van der Waals surface area contributed by atoms with Gasteiger partial charge in [-0.15, -0.1) is 4.86 Å². The van der Waals surface area contributed by atoms with Gasteiger partial charge in [0.05, 0.1) is 18.5 Å². The Hall–Kier alpha value is -2.90. The quantitative estimate of drug-likeness (QED) is 0.197. The fourth-order valence-corrected chi connectivity index (χ4v) is 24.1. The van der Waals surface area contributed by atoms with Gasteiger partial charge in [0.1, 0.15) is 18.3 Å². The first kappa shape index (κ1) is 27.3. The van der Waals surface area contributed by atoms with Crippen LogP contribution in [0.4, 0.5) is 0 Å². The summed E-state index contributed by atoms with van der Waals surface area (Å²) in [5.41, 5.74) is 0. The molecular formula is C32H31N3OP3S+. The summed E-state index contributed by atoms with van der Waals surface area (Å²) in [5.74, 6) is 0.837. The van der Waals surface area contributed by atoms with Crippen molar-refractivity contribution in [2.45, 2.75) is 0 Å². The van der Waals surface area contributed by atoms with Gasteiger partial charge in [0.15, 0.2) is 7.21 Å². The summed E-state index contributed by atoms with van der Waals surface area (Å²) in [6, 6.07) is 51.5. The molecule has 0 bridgehead atoms. The number of benzene rings is 5. The average Bonchev–Trinajstić information content (AvgIpc) is 3.06. The molecule has 0 aromatic heterocycles. The van der Waals surface area contributed by atoms with Crippen molar-refractivity contribution in [2.24, 2.45) is 9.03 Å². The number of nitrogens with one attached hydrogen (secondary N) is 1. The van der Waals surface area contributed by atoms with Crippen LogP contribution in [-0.4, -0.2) is 13.4 Å². The Kier molecular flexibility index (Phi) is 7.87. The predicted molar refractivity (Wildman–Crippen MR) is 179 cm³/mol. The Balaban J connectivity index is 1.81. The Morgan fingerprint density at radius 1 is 0.600 bits per heavy atom. The summed E-state index contributed by atoms with van der Waals surface area (Å²) in [5, 5.41) is 5.94. The molecule has 0 amide bonds. The second-order valence-electron chi connectivity index (χ2n) is 9.31. The number of nitrogens with zero attached hydrogens (tertiary/aromatic N) is 2.